The molecule has 0 N–H and O–H groups in total. The summed E-state index contributed by atoms with van der Waals surface area (Å²) in [7, 11) is -2.64. The summed E-state index contributed by atoms with van der Waals surface area (Å²) < 4.78 is 56.8. The summed E-state index contributed by atoms with van der Waals surface area (Å²) in [4.78, 5) is 0. The lowest BCUT2D eigenvalue weighted by Crippen LogP contribution is -2.19. The van der Waals surface area contributed by atoms with E-state index in [1.165, 1.54) is 31.4 Å². The van der Waals surface area contributed by atoms with Crippen LogP contribution in [0.25, 0.3) is 0 Å². The fourth-order valence-electron chi connectivity index (χ4n) is 1.06. The Kier molecular flexibility index (Phi) is 4.75. The largest absolute Gasteiger partial charge is 0.497 e. The Morgan fingerprint density at radius 1 is 1.22 bits per heavy atom. The Morgan fingerprint density at radius 2 is 1.72 bits per heavy atom. The van der Waals surface area contributed by atoms with Crippen molar-refractivity contribution in [1.29, 1.82) is 0 Å². The third-order valence-corrected chi connectivity index (χ3v) is 3.26. The lowest BCUT2D eigenvalue weighted by atomic mass is 10.3. The summed E-state index contributed by atoms with van der Waals surface area (Å²) in [6.45, 7) is 0. The van der Waals surface area contributed by atoms with E-state index in [0.717, 1.165) is 0 Å². The van der Waals surface area contributed by atoms with E-state index < -0.39 is 27.7 Å². The van der Waals surface area contributed by atoms with Crippen LogP contribution in [0.15, 0.2) is 24.3 Å². The summed E-state index contributed by atoms with van der Waals surface area (Å²) in [5.74, 6) is -0.323. The number of halogens is 3. The summed E-state index contributed by atoms with van der Waals surface area (Å²) >= 11 is 4.61. The van der Waals surface area contributed by atoms with E-state index >= 15 is 0 Å². The number of hydrogen-bond donors (Lipinski definition) is 0. The van der Waals surface area contributed by atoms with Crippen LogP contribution >= 0.6 is 11.6 Å². The third-order valence-electron chi connectivity index (χ3n) is 1.92. The molecule has 0 aliphatic rings. The standard InChI is InChI=1S/C10H11ClF2O4S/c1-16-8-2-4-9(5-3-8)17-18(14,15)7-6-10(11,12)13/h2-5H,6-7H2,1H3. The lowest BCUT2D eigenvalue weighted by Gasteiger charge is -2.09. The van der Waals surface area contributed by atoms with Gasteiger partial charge >= 0.3 is 15.5 Å². The zero-order valence-electron chi connectivity index (χ0n) is 9.40. The molecule has 0 spiro atoms. The predicted molar refractivity (Wildman–Crippen MR) is 62.8 cm³/mol. The van der Waals surface area contributed by atoms with Crippen molar-refractivity contribution in [1.82, 2.24) is 0 Å². The van der Waals surface area contributed by atoms with Gasteiger partial charge < -0.3 is 8.92 Å². The number of ether oxygens (including phenoxy) is 1. The third kappa shape index (κ3) is 5.50. The molecule has 0 aromatic heterocycles. The van der Waals surface area contributed by atoms with Gasteiger partial charge in [0.15, 0.2) is 0 Å². The molecule has 0 atom stereocenters. The Hall–Kier alpha value is -1.08. The zero-order valence-corrected chi connectivity index (χ0v) is 11.0. The molecule has 8 heteroatoms. The average Bonchev–Trinajstić information content (AvgIpc) is 2.26. The predicted octanol–water partition coefficient (Wildman–Crippen LogP) is 2.63. The fourth-order valence-corrected chi connectivity index (χ4v) is 2.26. The molecule has 0 aliphatic heterocycles. The maximum Gasteiger partial charge on any atom is 0.322 e. The molecule has 1 aromatic carbocycles. The topological polar surface area (TPSA) is 52.6 Å². The molecule has 1 rings (SSSR count). The normalized spacial score (nSPS) is 12.2. The number of rotatable bonds is 6. The molecule has 0 amide bonds. The van der Waals surface area contributed by atoms with Crippen molar-refractivity contribution in [3.63, 3.8) is 0 Å². The molecule has 4 nitrogen and oxygen atoms in total. The SMILES string of the molecule is COc1ccc(OS(=O)(=O)CCC(F)(F)Cl)cc1. The van der Waals surface area contributed by atoms with Gasteiger partial charge in [0.05, 0.1) is 12.9 Å². The van der Waals surface area contributed by atoms with E-state index in [0.29, 0.717) is 5.75 Å². The van der Waals surface area contributed by atoms with E-state index in [2.05, 4.69) is 15.8 Å². The van der Waals surface area contributed by atoms with Crippen LogP contribution in [-0.2, 0) is 10.1 Å². The molecule has 1 aromatic rings. The molecule has 0 fully saturated rings. The van der Waals surface area contributed by atoms with E-state index in [9.17, 15) is 17.2 Å². The highest BCUT2D eigenvalue weighted by molar-refractivity contribution is 7.87. The van der Waals surface area contributed by atoms with Gasteiger partial charge in [0.1, 0.15) is 11.5 Å². The van der Waals surface area contributed by atoms with Crippen molar-refractivity contribution in [3.05, 3.63) is 24.3 Å². The van der Waals surface area contributed by atoms with Gasteiger partial charge in [0.2, 0.25) is 0 Å². The van der Waals surface area contributed by atoms with Crippen molar-refractivity contribution in [2.75, 3.05) is 12.9 Å². The summed E-state index contributed by atoms with van der Waals surface area (Å²) in [6.07, 6.45) is -1.01. The molecule has 102 valence electrons. The highest BCUT2D eigenvalue weighted by Gasteiger charge is 2.28. The van der Waals surface area contributed by atoms with Crippen LogP contribution in [0.3, 0.4) is 0 Å². The monoisotopic (exact) mass is 300 g/mol. The van der Waals surface area contributed by atoms with E-state index in [4.69, 9.17) is 4.74 Å². The quantitative estimate of drug-likeness (QED) is 0.598. The van der Waals surface area contributed by atoms with Gasteiger partial charge in [0.25, 0.3) is 0 Å². The van der Waals surface area contributed by atoms with Gasteiger partial charge in [-0.15, -0.1) is 0 Å². The second-order valence-corrected chi connectivity index (χ2v) is 5.63. The van der Waals surface area contributed by atoms with E-state index in [-0.39, 0.29) is 5.75 Å². The van der Waals surface area contributed by atoms with Crippen LogP contribution in [0.2, 0.25) is 0 Å². The Labute approximate surface area is 109 Å². The minimum absolute atomic E-state index is 0.0219. The van der Waals surface area contributed by atoms with Crippen LogP contribution < -0.4 is 8.92 Å². The number of alkyl halides is 3. The number of benzene rings is 1. The zero-order chi connectivity index (χ0) is 13.8. The summed E-state index contributed by atoms with van der Waals surface area (Å²) in [5, 5.41) is -3.56. The van der Waals surface area contributed by atoms with Gasteiger partial charge in [0, 0.05) is 6.42 Å². The van der Waals surface area contributed by atoms with Crippen molar-refractivity contribution in [2.45, 2.75) is 11.8 Å². The molecule has 0 bridgehead atoms. The molecule has 0 unspecified atom stereocenters. The first kappa shape index (κ1) is 15.0. The van der Waals surface area contributed by atoms with Crippen molar-refractivity contribution in [3.8, 4) is 11.5 Å². The van der Waals surface area contributed by atoms with E-state index in [1.807, 2.05) is 0 Å². The smallest absolute Gasteiger partial charge is 0.322 e. The molecule has 0 radical (unpaired) electrons. The second kappa shape index (κ2) is 5.71. The van der Waals surface area contributed by atoms with Gasteiger partial charge in [-0.25, -0.2) is 0 Å². The lowest BCUT2D eigenvalue weighted by molar-refractivity contribution is 0.0924. The molecule has 0 saturated carbocycles. The molecular formula is C10H11ClF2O4S. The minimum Gasteiger partial charge on any atom is -0.497 e. The first-order valence-electron chi connectivity index (χ1n) is 4.85. The average molecular weight is 301 g/mol. The molecule has 0 saturated heterocycles. The fraction of sp³-hybridized carbons (Fsp3) is 0.400. The molecule has 0 aliphatic carbocycles. The van der Waals surface area contributed by atoms with Crippen LogP contribution in [0, 0.1) is 0 Å². The molecule has 18 heavy (non-hydrogen) atoms. The van der Waals surface area contributed by atoms with Gasteiger partial charge in [-0.1, -0.05) is 0 Å². The van der Waals surface area contributed by atoms with Crippen molar-refractivity contribution >= 4 is 21.7 Å². The Morgan fingerprint density at radius 3 is 2.17 bits per heavy atom. The van der Waals surface area contributed by atoms with Gasteiger partial charge in [-0.2, -0.15) is 17.2 Å². The first-order chi connectivity index (χ1) is 8.22. The van der Waals surface area contributed by atoms with E-state index in [1.54, 1.807) is 0 Å². The highest BCUT2D eigenvalue weighted by Crippen LogP contribution is 2.25. The van der Waals surface area contributed by atoms with Gasteiger partial charge in [-0.05, 0) is 35.9 Å². The van der Waals surface area contributed by atoms with Gasteiger partial charge in [-0.3, -0.25) is 0 Å². The summed E-state index contributed by atoms with van der Waals surface area (Å²) in [6, 6.07) is 5.69. The van der Waals surface area contributed by atoms with Crippen LogP contribution in [0.4, 0.5) is 8.78 Å². The second-order valence-electron chi connectivity index (χ2n) is 3.39. The summed E-state index contributed by atoms with van der Waals surface area (Å²) in [5.41, 5.74) is 0. The molecule has 0 heterocycles. The Bertz CT molecular complexity index is 482. The van der Waals surface area contributed by atoms with Crippen LogP contribution in [0.5, 0.6) is 11.5 Å². The minimum atomic E-state index is -4.09. The maximum absolute atomic E-state index is 12.3. The van der Waals surface area contributed by atoms with Crippen LogP contribution in [-0.4, -0.2) is 26.7 Å². The van der Waals surface area contributed by atoms with Crippen LogP contribution in [0.1, 0.15) is 6.42 Å². The Balaban J connectivity index is 2.64. The van der Waals surface area contributed by atoms with Crippen molar-refractivity contribution < 1.29 is 26.1 Å². The number of methoxy groups -OCH3 is 1. The molecular weight excluding hydrogens is 290 g/mol. The highest BCUT2D eigenvalue weighted by atomic mass is 35.5. The maximum atomic E-state index is 12.3. The van der Waals surface area contributed by atoms with Crippen molar-refractivity contribution in [2.24, 2.45) is 0 Å². The first-order valence-corrected chi connectivity index (χ1v) is 6.80. The number of hydrogen-bond acceptors (Lipinski definition) is 4.